The smallest absolute Gasteiger partial charge is 0.224 e. The number of para-hydroxylation sites is 1. The van der Waals surface area contributed by atoms with Gasteiger partial charge < -0.3 is 14.8 Å². The number of hydrogen-bond donors (Lipinski definition) is 1. The molecule has 1 aromatic heterocycles. The average Bonchev–Trinajstić information content (AvgIpc) is 2.95. The Hall–Kier alpha value is -3.90. The number of methoxy groups -OCH3 is 1. The zero-order chi connectivity index (χ0) is 26.3. The van der Waals surface area contributed by atoms with Crippen LogP contribution in [0.15, 0.2) is 85.1 Å². The molecule has 6 nitrogen and oxygen atoms in total. The molecule has 0 radical (unpaired) electrons. The van der Waals surface area contributed by atoms with Crippen LogP contribution in [0, 0.1) is 18.8 Å². The molecular weight excluding hydrogens is 474 g/mol. The first kappa shape index (κ1) is 25.7. The van der Waals surface area contributed by atoms with Gasteiger partial charge in [-0.15, -0.1) is 0 Å². The fourth-order valence-electron chi connectivity index (χ4n) is 5.27. The standard InChI is InChI=1S/C32H35N3O3/c1-23-11-14-30(18-33-23)38-22-25-16-29(32(36)34-17-28-9-5-6-10-31(28)37-2)21-35(20-25)19-24-12-13-26-7-3-4-8-27(26)15-24/h3-15,18,25,29H,16-17,19-22H2,1-2H3,(H,34,36)/t25-,29+/m0/s1. The van der Waals surface area contributed by atoms with Crippen molar-refractivity contribution in [3.63, 3.8) is 0 Å². The first-order valence-electron chi connectivity index (χ1n) is 13.2. The maximum atomic E-state index is 13.4. The van der Waals surface area contributed by atoms with Gasteiger partial charge in [0.05, 0.1) is 25.8 Å². The first-order chi connectivity index (χ1) is 18.6. The minimum atomic E-state index is -0.122. The van der Waals surface area contributed by atoms with Crippen LogP contribution >= 0.6 is 0 Å². The fourth-order valence-corrected chi connectivity index (χ4v) is 5.27. The van der Waals surface area contributed by atoms with Crippen molar-refractivity contribution in [1.29, 1.82) is 0 Å². The van der Waals surface area contributed by atoms with Gasteiger partial charge in [-0.1, -0.05) is 54.6 Å². The Kier molecular flexibility index (Phi) is 8.19. The van der Waals surface area contributed by atoms with Crippen LogP contribution in [0.25, 0.3) is 10.8 Å². The van der Waals surface area contributed by atoms with Crippen molar-refractivity contribution < 1.29 is 14.3 Å². The number of nitrogens with one attached hydrogen (secondary N) is 1. The van der Waals surface area contributed by atoms with Gasteiger partial charge in [0.1, 0.15) is 11.5 Å². The first-order valence-corrected chi connectivity index (χ1v) is 13.2. The SMILES string of the molecule is COc1ccccc1CNC(=O)[C@@H]1C[C@H](COc2ccc(C)nc2)CN(Cc2ccc3ccccc3c2)C1. The average molecular weight is 510 g/mol. The Morgan fingerprint density at radius 3 is 2.63 bits per heavy atom. The predicted molar refractivity (Wildman–Crippen MR) is 150 cm³/mol. The van der Waals surface area contributed by atoms with E-state index >= 15 is 0 Å². The molecule has 196 valence electrons. The summed E-state index contributed by atoms with van der Waals surface area (Å²) in [4.78, 5) is 20.1. The van der Waals surface area contributed by atoms with Gasteiger partial charge in [0.25, 0.3) is 0 Å². The van der Waals surface area contributed by atoms with Crippen LogP contribution in [0.5, 0.6) is 11.5 Å². The largest absolute Gasteiger partial charge is 0.496 e. The fraction of sp³-hybridized carbons (Fsp3) is 0.312. The molecule has 1 N–H and O–H groups in total. The van der Waals surface area contributed by atoms with Gasteiger partial charge in [0, 0.05) is 43.4 Å². The van der Waals surface area contributed by atoms with Gasteiger partial charge in [-0.05, 0) is 53.9 Å². The molecule has 1 amide bonds. The third kappa shape index (κ3) is 6.50. The molecule has 0 aliphatic carbocycles. The molecule has 3 aromatic carbocycles. The number of aromatic nitrogens is 1. The van der Waals surface area contributed by atoms with Crippen molar-refractivity contribution in [2.24, 2.45) is 11.8 Å². The molecule has 0 saturated carbocycles. The molecule has 1 saturated heterocycles. The highest BCUT2D eigenvalue weighted by atomic mass is 16.5. The molecule has 5 rings (SSSR count). The second-order valence-corrected chi connectivity index (χ2v) is 10.2. The lowest BCUT2D eigenvalue weighted by Crippen LogP contribution is -2.47. The summed E-state index contributed by atoms with van der Waals surface area (Å²) < 4.78 is 11.6. The van der Waals surface area contributed by atoms with Crippen LogP contribution in [0.3, 0.4) is 0 Å². The van der Waals surface area contributed by atoms with Crippen molar-refractivity contribution in [2.45, 2.75) is 26.4 Å². The predicted octanol–water partition coefficient (Wildman–Crippen LogP) is 5.39. The van der Waals surface area contributed by atoms with Crippen LogP contribution in [0.2, 0.25) is 0 Å². The van der Waals surface area contributed by atoms with Crippen LogP contribution < -0.4 is 14.8 Å². The summed E-state index contributed by atoms with van der Waals surface area (Å²) >= 11 is 0. The van der Waals surface area contributed by atoms with E-state index < -0.39 is 0 Å². The molecule has 38 heavy (non-hydrogen) atoms. The molecule has 0 bridgehead atoms. The highest BCUT2D eigenvalue weighted by Gasteiger charge is 2.32. The number of fused-ring (bicyclic) bond motifs is 1. The number of rotatable bonds is 9. The minimum Gasteiger partial charge on any atom is -0.496 e. The van der Waals surface area contributed by atoms with E-state index in [1.54, 1.807) is 13.3 Å². The minimum absolute atomic E-state index is 0.0705. The maximum Gasteiger partial charge on any atom is 0.224 e. The highest BCUT2D eigenvalue weighted by molar-refractivity contribution is 5.83. The van der Waals surface area contributed by atoms with Crippen molar-refractivity contribution >= 4 is 16.7 Å². The summed E-state index contributed by atoms with van der Waals surface area (Å²) in [5.41, 5.74) is 3.18. The normalized spacial score (nSPS) is 17.7. The van der Waals surface area contributed by atoms with E-state index in [4.69, 9.17) is 9.47 Å². The Balaban J connectivity index is 1.28. The molecule has 1 aliphatic heterocycles. The van der Waals surface area contributed by atoms with Crippen molar-refractivity contribution in [3.05, 3.63) is 102 Å². The van der Waals surface area contributed by atoms with Crippen LogP contribution in [0.4, 0.5) is 0 Å². The quantitative estimate of drug-likeness (QED) is 0.328. The van der Waals surface area contributed by atoms with Gasteiger partial charge in [0.15, 0.2) is 0 Å². The number of nitrogens with zero attached hydrogens (tertiary/aromatic N) is 2. The number of likely N-dealkylation sites (tertiary alicyclic amines) is 1. The Labute approximate surface area is 224 Å². The number of aryl methyl sites for hydroxylation is 1. The number of carbonyl (C=O) groups excluding carboxylic acids is 1. The Morgan fingerprint density at radius 2 is 1.82 bits per heavy atom. The summed E-state index contributed by atoms with van der Waals surface area (Å²) in [5.74, 6) is 1.73. The number of piperidine rings is 1. The van der Waals surface area contributed by atoms with Crippen LogP contribution in [-0.2, 0) is 17.9 Å². The monoisotopic (exact) mass is 509 g/mol. The third-order valence-electron chi connectivity index (χ3n) is 7.22. The Bertz CT molecular complexity index is 1370. The lowest BCUT2D eigenvalue weighted by atomic mass is 9.88. The van der Waals surface area contributed by atoms with Gasteiger partial charge in [-0.3, -0.25) is 14.7 Å². The molecule has 0 spiro atoms. The van der Waals surface area contributed by atoms with E-state index in [1.165, 1.54) is 16.3 Å². The number of ether oxygens (including phenoxy) is 2. The molecule has 0 unspecified atom stereocenters. The number of hydrogen-bond acceptors (Lipinski definition) is 5. The van der Waals surface area contributed by atoms with Crippen LogP contribution in [0.1, 0.15) is 23.2 Å². The molecule has 6 heteroatoms. The third-order valence-corrected chi connectivity index (χ3v) is 7.22. The lowest BCUT2D eigenvalue weighted by Gasteiger charge is -2.37. The summed E-state index contributed by atoms with van der Waals surface area (Å²) in [7, 11) is 1.65. The molecule has 4 aromatic rings. The second-order valence-electron chi connectivity index (χ2n) is 10.2. The number of amides is 1. The molecule has 2 heterocycles. The highest BCUT2D eigenvalue weighted by Crippen LogP contribution is 2.26. The van der Waals surface area contributed by atoms with E-state index in [1.807, 2.05) is 43.3 Å². The summed E-state index contributed by atoms with van der Waals surface area (Å²) in [6.45, 7) is 5.35. The maximum absolute atomic E-state index is 13.4. The van der Waals surface area contributed by atoms with Crippen LogP contribution in [-0.4, -0.2) is 42.6 Å². The number of carbonyl (C=O) groups is 1. The molecule has 1 fully saturated rings. The van der Waals surface area contributed by atoms with E-state index in [-0.39, 0.29) is 17.7 Å². The van der Waals surface area contributed by atoms with E-state index in [2.05, 4.69) is 57.7 Å². The second kappa shape index (κ2) is 12.1. The summed E-state index contributed by atoms with van der Waals surface area (Å²) in [6, 6.07) is 26.7. The van der Waals surface area contributed by atoms with Gasteiger partial charge >= 0.3 is 0 Å². The number of benzene rings is 3. The van der Waals surface area contributed by atoms with Crippen molar-refractivity contribution in [2.75, 3.05) is 26.8 Å². The summed E-state index contributed by atoms with van der Waals surface area (Å²) in [5, 5.41) is 5.63. The van der Waals surface area contributed by atoms with E-state index in [0.717, 1.165) is 42.3 Å². The van der Waals surface area contributed by atoms with E-state index in [0.29, 0.717) is 19.7 Å². The van der Waals surface area contributed by atoms with Gasteiger partial charge in [-0.2, -0.15) is 0 Å². The van der Waals surface area contributed by atoms with E-state index in [9.17, 15) is 4.79 Å². The van der Waals surface area contributed by atoms with Gasteiger partial charge in [0.2, 0.25) is 5.91 Å². The summed E-state index contributed by atoms with van der Waals surface area (Å²) in [6.07, 6.45) is 2.55. The molecule has 1 aliphatic rings. The zero-order valence-corrected chi connectivity index (χ0v) is 22.1. The molecule has 2 atom stereocenters. The Morgan fingerprint density at radius 1 is 1.00 bits per heavy atom. The topological polar surface area (TPSA) is 63.7 Å². The van der Waals surface area contributed by atoms with Gasteiger partial charge in [-0.25, -0.2) is 0 Å². The zero-order valence-electron chi connectivity index (χ0n) is 22.1. The van der Waals surface area contributed by atoms with Crippen molar-refractivity contribution in [1.82, 2.24) is 15.2 Å². The molecular formula is C32H35N3O3. The number of pyridine rings is 1. The van der Waals surface area contributed by atoms with Crippen molar-refractivity contribution in [3.8, 4) is 11.5 Å². The lowest BCUT2D eigenvalue weighted by molar-refractivity contribution is -0.128.